The number of allylic oxidation sites excluding steroid dienone is 4. The molecule has 0 aromatic heterocycles. The molecule has 0 saturated carbocycles. The third-order valence-electron chi connectivity index (χ3n) is 8.04. The van der Waals surface area contributed by atoms with Gasteiger partial charge in [0.25, 0.3) is 0 Å². The van der Waals surface area contributed by atoms with Crippen LogP contribution in [-0.2, 0) is 17.6 Å². The molecule has 0 spiro atoms. The minimum atomic E-state index is -0.0593. The van der Waals surface area contributed by atoms with Crippen molar-refractivity contribution in [3.63, 3.8) is 0 Å². The number of fused-ring (bicyclic) bond motifs is 1. The normalized spacial score (nSPS) is 19.4. The van der Waals surface area contributed by atoms with Crippen LogP contribution >= 0.6 is 0 Å². The summed E-state index contributed by atoms with van der Waals surface area (Å²) in [6.45, 7) is 10.4. The number of aldehydes is 1. The van der Waals surface area contributed by atoms with Gasteiger partial charge in [-0.1, -0.05) is 6.58 Å². The van der Waals surface area contributed by atoms with Crippen LogP contribution in [0.15, 0.2) is 41.8 Å². The van der Waals surface area contributed by atoms with Gasteiger partial charge >= 0.3 is 0 Å². The summed E-state index contributed by atoms with van der Waals surface area (Å²) in [7, 11) is 2.15. The highest BCUT2D eigenvalue weighted by Crippen LogP contribution is 2.35. The lowest BCUT2D eigenvalue weighted by Crippen LogP contribution is -2.37. The van der Waals surface area contributed by atoms with Gasteiger partial charge in [-0.25, -0.2) is 4.39 Å². The maximum absolute atomic E-state index is 13.5. The Morgan fingerprint density at radius 2 is 1.97 bits per heavy atom. The smallest absolute Gasteiger partial charge is 0.120 e. The van der Waals surface area contributed by atoms with Crippen molar-refractivity contribution in [2.45, 2.75) is 64.7 Å². The van der Waals surface area contributed by atoms with Crippen molar-refractivity contribution < 1.29 is 9.18 Å². The molecule has 2 heterocycles. The molecule has 0 bridgehead atoms. The molecule has 0 atom stereocenters. The molecule has 188 valence electrons. The van der Waals surface area contributed by atoms with E-state index in [2.05, 4.69) is 35.6 Å². The average molecular weight is 478 g/mol. The number of benzene rings is 1. The van der Waals surface area contributed by atoms with Gasteiger partial charge in [-0.05, 0) is 117 Å². The van der Waals surface area contributed by atoms with Crippen molar-refractivity contribution in [3.8, 4) is 0 Å². The maximum Gasteiger partial charge on any atom is 0.120 e. The number of likely N-dealkylation sites (tertiary alicyclic amines) is 1. The Morgan fingerprint density at radius 3 is 2.69 bits per heavy atom. The monoisotopic (exact) mass is 477 g/mol. The topological polar surface area (TPSA) is 47.4 Å². The molecule has 1 saturated heterocycles. The molecule has 35 heavy (non-hydrogen) atoms. The Bertz CT molecular complexity index is 1050. The highest BCUT2D eigenvalue weighted by atomic mass is 19.1. The van der Waals surface area contributed by atoms with Crippen LogP contribution in [0.2, 0.25) is 0 Å². The van der Waals surface area contributed by atoms with Gasteiger partial charge in [0.2, 0.25) is 0 Å². The molecule has 4 rings (SSSR count). The van der Waals surface area contributed by atoms with Crippen LogP contribution in [0.4, 0.5) is 10.1 Å². The van der Waals surface area contributed by atoms with Crippen molar-refractivity contribution in [1.29, 1.82) is 5.41 Å². The molecule has 5 heteroatoms. The Kier molecular flexibility index (Phi) is 8.38. The van der Waals surface area contributed by atoms with Crippen LogP contribution < -0.4 is 4.90 Å². The highest BCUT2D eigenvalue weighted by molar-refractivity contribution is 6.00. The minimum absolute atomic E-state index is 0.0593. The number of carbonyl (C=O) groups excluding carboxylic acids is 1. The summed E-state index contributed by atoms with van der Waals surface area (Å²) < 4.78 is 13.5. The van der Waals surface area contributed by atoms with E-state index in [1.807, 2.05) is 6.92 Å². The summed E-state index contributed by atoms with van der Waals surface area (Å²) in [6.07, 6.45) is 10.2. The molecule has 1 N–H and O–H groups in total. The number of rotatable bonds is 9. The number of anilines is 1. The standard InChI is InChI=1S/C30H40FN3O/c1-21(26-19-24-6-4-13-33(3)30(24)25(20-26)7-5-17-35)10-14-34-15-11-23(12-16-34)29(32)28-9-8-27(31)18-22(28)2/h17-20,23,32H,1,4-16H2,2-3H3. The number of carbonyl (C=O) groups is 1. The van der Waals surface area contributed by atoms with E-state index >= 15 is 0 Å². The van der Waals surface area contributed by atoms with E-state index in [9.17, 15) is 9.18 Å². The van der Waals surface area contributed by atoms with Gasteiger partial charge in [0, 0.05) is 50.3 Å². The van der Waals surface area contributed by atoms with Crippen molar-refractivity contribution in [2.24, 2.45) is 5.92 Å². The zero-order valence-electron chi connectivity index (χ0n) is 21.5. The molecule has 1 fully saturated rings. The second-order valence-corrected chi connectivity index (χ2v) is 10.5. The molecule has 0 unspecified atom stereocenters. The number of hydrogen-bond acceptors (Lipinski definition) is 4. The average Bonchev–Trinajstić information content (AvgIpc) is 2.85. The molecule has 1 aromatic carbocycles. The van der Waals surface area contributed by atoms with E-state index in [4.69, 9.17) is 5.41 Å². The molecular weight excluding hydrogens is 437 g/mol. The predicted octanol–water partition coefficient (Wildman–Crippen LogP) is 6.30. The van der Waals surface area contributed by atoms with E-state index < -0.39 is 0 Å². The van der Waals surface area contributed by atoms with Gasteiger partial charge in [-0.3, -0.25) is 0 Å². The van der Waals surface area contributed by atoms with Crippen molar-refractivity contribution >= 4 is 23.3 Å². The molecule has 0 radical (unpaired) electrons. The molecule has 1 aliphatic carbocycles. The van der Waals surface area contributed by atoms with Gasteiger partial charge in [-0.15, -0.1) is 0 Å². The van der Waals surface area contributed by atoms with E-state index in [-0.39, 0.29) is 11.7 Å². The van der Waals surface area contributed by atoms with Crippen molar-refractivity contribution in [2.75, 3.05) is 38.1 Å². The first kappa shape index (κ1) is 25.6. The van der Waals surface area contributed by atoms with Gasteiger partial charge in [0.15, 0.2) is 0 Å². The summed E-state index contributed by atoms with van der Waals surface area (Å²) in [5.41, 5.74) is 9.09. The summed E-state index contributed by atoms with van der Waals surface area (Å²) >= 11 is 0. The van der Waals surface area contributed by atoms with Crippen LogP contribution in [0.5, 0.6) is 0 Å². The van der Waals surface area contributed by atoms with Crippen molar-refractivity contribution in [3.05, 3.63) is 58.5 Å². The zero-order chi connectivity index (χ0) is 24.9. The SMILES string of the molecule is C=C(CCN1CCC(C(=N)C2=C(C)C=C(F)CC2)CC1)c1cc(CCC=O)c2c(c1)CCCN2C. The van der Waals surface area contributed by atoms with Gasteiger partial charge in [0.1, 0.15) is 12.1 Å². The number of hydrogen-bond donors (Lipinski definition) is 1. The van der Waals surface area contributed by atoms with E-state index in [0.717, 1.165) is 87.8 Å². The van der Waals surface area contributed by atoms with Gasteiger partial charge in [-0.2, -0.15) is 0 Å². The molecule has 0 amide bonds. The third-order valence-corrected chi connectivity index (χ3v) is 8.04. The minimum Gasteiger partial charge on any atom is -0.374 e. The van der Waals surface area contributed by atoms with Crippen LogP contribution in [0, 0.1) is 11.3 Å². The largest absolute Gasteiger partial charge is 0.374 e. The zero-order valence-corrected chi connectivity index (χ0v) is 21.5. The molecule has 1 aromatic rings. The molecule has 3 aliphatic rings. The maximum atomic E-state index is 13.5. The summed E-state index contributed by atoms with van der Waals surface area (Å²) in [5, 5.41) is 8.71. The lowest BCUT2D eigenvalue weighted by molar-refractivity contribution is -0.107. The summed E-state index contributed by atoms with van der Waals surface area (Å²) in [6, 6.07) is 4.58. The number of aryl methyl sites for hydroxylation is 2. The number of piperidine rings is 1. The fourth-order valence-corrected chi connectivity index (χ4v) is 5.98. The second-order valence-electron chi connectivity index (χ2n) is 10.5. The first-order valence-corrected chi connectivity index (χ1v) is 13.2. The lowest BCUT2D eigenvalue weighted by atomic mass is 9.83. The highest BCUT2D eigenvalue weighted by Gasteiger charge is 2.26. The summed E-state index contributed by atoms with van der Waals surface area (Å²) in [5.74, 6) is 0.225. The van der Waals surface area contributed by atoms with E-state index in [1.54, 1.807) is 6.08 Å². The summed E-state index contributed by atoms with van der Waals surface area (Å²) in [4.78, 5) is 15.9. The van der Waals surface area contributed by atoms with Gasteiger partial charge in [0.05, 0.1) is 0 Å². The van der Waals surface area contributed by atoms with Crippen molar-refractivity contribution in [1.82, 2.24) is 4.90 Å². The fourth-order valence-electron chi connectivity index (χ4n) is 5.98. The third kappa shape index (κ3) is 6.00. The number of nitrogens with zero attached hydrogens (tertiary/aromatic N) is 2. The Balaban J connectivity index is 1.34. The van der Waals surface area contributed by atoms with Crippen LogP contribution in [0.3, 0.4) is 0 Å². The molecule has 4 nitrogen and oxygen atoms in total. The first-order valence-electron chi connectivity index (χ1n) is 13.2. The van der Waals surface area contributed by atoms with Crippen LogP contribution in [0.1, 0.15) is 68.6 Å². The fraction of sp³-hybridized carbons (Fsp3) is 0.533. The second kappa shape index (κ2) is 11.5. The predicted molar refractivity (Wildman–Crippen MR) is 144 cm³/mol. The quantitative estimate of drug-likeness (QED) is 0.335. The molecule has 2 aliphatic heterocycles. The lowest BCUT2D eigenvalue weighted by Gasteiger charge is -2.34. The van der Waals surface area contributed by atoms with Crippen LogP contribution in [-0.4, -0.2) is 50.1 Å². The van der Waals surface area contributed by atoms with E-state index in [1.165, 1.54) is 28.0 Å². The first-order chi connectivity index (χ1) is 16.9. The van der Waals surface area contributed by atoms with E-state index in [0.29, 0.717) is 19.3 Å². The Hall–Kier alpha value is -2.53. The van der Waals surface area contributed by atoms with Crippen LogP contribution in [0.25, 0.3) is 5.57 Å². The number of nitrogens with one attached hydrogen (secondary N) is 1. The Labute approximate surface area is 210 Å². The Morgan fingerprint density at radius 1 is 1.20 bits per heavy atom. The number of halogens is 1. The van der Waals surface area contributed by atoms with Gasteiger partial charge < -0.3 is 20.0 Å². The molecular formula is C30H40FN3O.